The molecular formula is C26H30ClN5O4. The van der Waals surface area contributed by atoms with E-state index in [2.05, 4.69) is 20.6 Å². The Labute approximate surface area is 215 Å². The molecule has 2 amide bonds. The summed E-state index contributed by atoms with van der Waals surface area (Å²) in [5.74, 6) is 0.232. The molecule has 9 nitrogen and oxygen atoms in total. The average molecular weight is 512 g/mol. The lowest BCUT2D eigenvalue weighted by molar-refractivity contribution is -0.138. The highest BCUT2D eigenvalue weighted by atomic mass is 35.5. The largest absolute Gasteiger partial charge is 0.492 e. The standard InChI is InChI=1S/C26H30ClN5O4/c1-31-23(8-11-28-31)22-17-21(30-26(35)29-20-4-2-19(27)3-5-20)6-7-24(22)36-15-14-32-12-9-18(10-13-32)16-25(33)34/h2-8,11,17-18H,9-10,12-16H2,1H3,(H,33,34)(H2,29,30,35). The fourth-order valence-corrected chi connectivity index (χ4v) is 4.47. The first kappa shape index (κ1) is 25.5. The van der Waals surface area contributed by atoms with Crippen LogP contribution in [0.25, 0.3) is 11.3 Å². The van der Waals surface area contributed by atoms with Crippen LogP contribution >= 0.6 is 11.6 Å². The van der Waals surface area contributed by atoms with Gasteiger partial charge in [0.2, 0.25) is 0 Å². The van der Waals surface area contributed by atoms with Crippen molar-refractivity contribution in [2.75, 3.05) is 36.9 Å². The monoisotopic (exact) mass is 511 g/mol. The van der Waals surface area contributed by atoms with E-state index in [1.54, 1.807) is 41.2 Å². The van der Waals surface area contributed by atoms with E-state index in [0.29, 0.717) is 28.8 Å². The normalized spacial score (nSPS) is 14.4. The minimum atomic E-state index is -0.722. The van der Waals surface area contributed by atoms with E-state index in [1.807, 2.05) is 25.2 Å². The van der Waals surface area contributed by atoms with Crippen LogP contribution in [0.2, 0.25) is 5.02 Å². The molecule has 0 aliphatic carbocycles. The predicted molar refractivity (Wildman–Crippen MR) is 140 cm³/mol. The number of hydrogen-bond acceptors (Lipinski definition) is 5. The summed E-state index contributed by atoms with van der Waals surface area (Å²) in [5, 5.41) is 19.5. The summed E-state index contributed by atoms with van der Waals surface area (Å²) >= 11 is 5.90. The van der Waals surface area contributed by atoms with Gasteiger partial charge in [0.15, 0.2) is 0 Å². The number of carbonyl (C=O) groups is 2. The van der Waals surface area contributed by atoms with Crippen molar-refractivity contribution in [3.05, 3.63) is 59.8 Å². The number of urea groups is 1. The number of halogens is 1. The highest BCUT2D eigenvalue weighted by molar-refractivity contribution is 6.30. The lowest BCUT2D eigenvalue weighted by Gasteiger charge is -2.31. The van der Waals surface area contributed by atoms with Crippen molar-refractivity contribution < 1.29 is 19.4 Å². The average Bonchev–Trinajstić information content (AvgIpc) is 3.27. The summed E-state index contributed by atoms with van der Waals surface area (Å²) in [4.78, 5) is 25.7. The van der Waals surface area contributed by atoms with Gasteiger partial charge in [0.1, 0.15) is 12.4 Å². The van der Waals surface area contributed by atoms with Gasteiger partial charge in [-0.05, 0) is 80.4 Å². The first-order valence-corrected chi connectivity index (χ1v) is 12.3. The SMILES string of the molecule is Cn1nccc1-c1cc(NC(=O)Nc2ccc(Cl)cc2)ccc1OCCN1CCC(CC(=O)O)CC1. The number of carboxylic acid groups (broad SMARTS) is 1. The van der Waals surface area contributed by atoms with Crippen molar-refractivity contribution in [2.24, 2.45) is 13.0 Å². The molecule has 2 aromatic carbocycles. The van der Waals surface area contributed by atoms with Crippen molar-refractivity contribution in [2.45, 2.75) is 19.3 Å². The van der Waals surface area contributed by atoms with Gasteiger partial charge in [0, 0.05) is 48.2 Å². The van der Waals surface area contributed by atoms with Gasteiger partial charge in [0.25, 0.3) is 0 Å². The Bertz CT molecular complexity index is 1190. The van der Waals surface area contributed by atoms with Gasteiger partial charge >= 0.3 is 12.0 Å². The number of likely N-dealkylation sites (tertiary alicyclic amines) is 1. The fourth-order valence-electron chi connectivity index (χ4n) is 4.34. The number of nitrogens with zero attached hydrogens (tertiary/aromatic N) is 3. The Kier molecular flexibility index (Phi) is 8.45. The van der Waals surface area contributed by atoms with Crippen LogP contribution < -0.4 is 15.4 Å². The molecule has 36 heavy (non-hydrogen) atoms. The van der Waals surface area contributed by atoms with Crippen molar-refractivity contribution in [1.29, 1.82) is 0 Å². The lowest BCUT2D eigenvalue weighted by Crippen LogP contribution is -2.37. The summed E-state index contributed by atoms with van der Waals surface area (Å²) in [6, 6.07) is 13.9. The molecule has 0 spiro atoms. The van der Waals surface area contributed by atoms with Gasteiger partial charge in [-0.1, -0.05) is 11.6 Å². The molecular weight excluding hydrogens is 482 g/mol. The van der Waals surface area contributed by atoms with Crippen LogP contribution in [0.3, 0.4) is 0 Å². The molecule has 2 heterocycles. The van der Waals surface area contributed by atoms with E-state index in [-0.39, 0.29) is 18.4 Å². The Morgan fingerprint density at radius 1 is 1.08 bits per heavy atom. The summed E-state index contributed by atoms with van der Waals surface area (Å²) < 4.78 is 7.92. The molecule has 1 aliphatic heterocycles. The molecule has 0 atom stereocenters. The van der Waals surface area contributed by atoms with Crippen LogP contribution in [-0.4, -0.2) is 58.0 Å². The van der Waals surface area contributed by atoms with Gasteiger partial charge in [-0.3, -0.25) is 14.4 Å². The summed E-state index contributed by atoms with van der Waals surface area (Å²) in [7, 11) is 1.85. The lowest BCUT2D eigenvalue weighted by atomic mass is 9.94. The molecule has 0 bridgehead atoms. The molecule has 0 unspecified atom stereocenters. The number of piperidine rings is 1. The molecule has 3 N–H and O–H groups in total. The third-order valence-electron chi connectivity index (χ3n) is 6.27. The second kappa shape index (κ2) is 11.9. The van der Waals surface area contributed by atoms with E-state index in [9.17, 15) is 9.59 Å². The Balaban J connectivity index is 1.38. The van der Waals surface area contributed by atoms with Crippen molar-refractivity contribution in [1.82, 2.24) is 14.7 Å². The van der Waals surface area contributed by atoms with Crippen LogP contribution in [-0.2, 0) is 11.8 Å². The molecule has 1 aromatic heterocycles. The van der Waals surface area contributed by atoms with Crippen LogP contribution in [0, 0.1) is 5.92 Å². The van der Waals surface area contributed by atoms with E-state index >= 15 is 0 Å². The Morgan fingerprint density at radius 2 is 1.78 bits per heavy atom. The van der Waals surface area contributed by atoms with Gasteiger partial charge in [-0.2, -0.15) is 5.10 Å². The number of carbonyl (C=O) groups excluding carboxylic acids is 1. The smallest absolute Gasteiger partial charge is 0.323 e. The quantitative estimate of drug-likeness (QED) is 0.375. The second-order valence-corrected chi connectivity index (χ2v) is 9.30. The topological polar surface area (TPSA) is 109 Å². The van der Waals surface area contributed by atoms with Crippen LogP contribution in [0.15, 0.2) is 54.7 Å². The number of aliphatic carboxylic acids is 1. The molecule has 1 aliphatic rings. The maximum absolute atomic E-state index is 12.5. The van der Waals surface area contributed by atoms with Crippen LogP contribution in [0.4, 0.5) is 16.2 Å². The highest BCUT2D eigenvalue weighted by Gasteiger charge is 2.21. The first-order chi connectivity index (χ1) is 17.4. The van der Waals surface area contributed by atoms with Gasteiger partial charge < -0.3 is 20.5 Å². The maximum Gasteiger partial charge on any atom is 0.323 e. The number of rotatable bonds is 9. The molecule has 1 fully saturated rings. The van der Waals surface area contributed by atoms with Crippen LogP contribution in [0.5, 0.6) is 5.75 Å². The van der Waals surface area contributed by atoms with Gasteiger partial charge in [0.05, 0.1) is 5.69 Å². The van der Waals surface area contributed by atoms with Crippen molar-refractivity contribution >= 4 is 35.0 Å². The molecule has 3 aromatic rings. The number of hydrogen-bond donors (Lipinski definition) is 3. The minimum Gasteiger partial charge on any atom is -0.492 e. The number of aryl methyl sites for hydroxylation is 1. The molecule has 10 heteroatoms. The summed E-state index contributed by atoms with van der Waals surface area (Å²) in [6.07, 6.45) is 3.75. The first-order valence-electron chi connectivity index (χ1n) is 11.9. The number of anilines is 2. The summed E-state index contributed by atoms with van der Waals surface area (Å²) in [5.41, 5.74) is 2.93. The number of carboxylic acids is 1. The Morgan fingerprint density at radius 3 is 2.44 bits per heavy atom. The van der Waals surface area contributed by atoms with E-state index in [4.69, 9.17) is 21.4 Å². The fraction of sp³-hybridized carbons (Fsp3) is 0.346. The number of ether oxygens (including phenoxy) is 1. The molecule has 1 saturated heterocycles. The number of nitrogens with one attached hydrogen (secondary N) is 2. The van der Waals surface area contributed by atoms with E-state index in [1.165, 1.54) is 0 Å². The third kappa shape index (κ3) is 6.99. The summed E-state index contributed by atoms with van der Waals surface area (Å²) in [6.45, 7) is 3.01. The third-order valence-corrected chi connectivity index (χ3v) is 6.52. The molecule has 0 radical (unpaired) electrons. The van der Waals surface area contributed by atoms with Crippen LogP contribution in [0.1, 0.15) is 19.3 Å². The Hall–Kier alpha value is -3.56. The minimum absolute atomic E-state index is 0.247. The number of aromatic nitrogens is 2. The predicted octanol–water partition coefficient (Wildman–Crippen LogP) is 4.95. The zero-order chi connectivity index (χ0) is 25.5. The molecule has 190 valence electrons. The zero-order valence-corrected chi connectivity index (χ0v) is 20.9. The van der Waals surface area contributed by atoms with E-state index < -0.39 is 5.97 Å². The maximum atomic E-state index is 12.5. The second-order valence-electron chi connectivity index (χ2n) is 8.87. The van der Waals surface area contributed by atoms with Gasteiger partial charge in [-0.25, -0.2) is 4.79 Å². The number of benzene rings is 2. The molecule has 0 saturated carbocycles. The number of amides is 2. The zero-order valence-electron chi connectivity index (χ0n) is 20.1. The molecule has 4 rings (SSSR count). The van der Waals surface area contributed by atoms with Crippen molar-refractivity contribution in [3.8, 4) is 17.0 Å². The highest BCUT2D eigenvalue weighted by Crippen LogP contribution is 2.32. The van der Waals surface area contributed by atoms with Gasteiger partial charge in [-0.15, -0.1) is 0 Å². The van der Waals surface area contributed by atoms with E-state index in [0.717, 1.165) is 43.7 Å². The van der Waals surface area contributed by atoms with Crippen molar-refractivity contribution in [3.63, 3.8) is 0 Å².